The predicted molar refractivity (Wildman–Crippen MR) is 135 cm³/mol. The smallest absolute Gasteiger partial charge is 0.262 e. The normalized spacial score (nSPS) is 10.6. The van der Waals surface area contributed by atoms with Gasteiger partial charge in [-0.3, -0.25) is 19.0 Å². The van der Waals surface area contributed by atoms with Gasteiger partial charge in [0.25, 0.3) is 11.5 Å². The van der Waals surface area contributed by atoms with Gasteiger partial charge in [-0.15, -0.1) is 0 Å². The molecule has 0 fully saturated rings. The lowest BCUT2D eigenvalue weighted by Gasteiger charge is -2.14. The monoisotopic (exact) mass is 471 g/mol. The summed E-state index contributed by atoms with van der Waals surface area (Å²) in [6.07, 6.45) is 1.58. The number of hydrogen-bond acceptors (Lipinski definition) is 5. The summed E-state index contributed by atoms with van der Waals surface area (Å²) in [4.78, 5) is 38.7. The summed E-state index contributed by atoms with van der Waals surface area (Å²) in [6.45, 7) is 0.117. The van der Waals surface area contributed by atoms with E-state index in [1.807, 2.05) is 6.07 Å². The quantitative estimate of drug-likeness (QED) is 0.408. The maximum atomic E-state index is 13.2. The molecule has 4 rings (SSSR count). The van der Waals surface area contributed by atoms with E-state index < -0.39 is 0 Å². The predicted octanol–water partition coefficient (Wildman–Crippen LogP) is 3.77. The van der Waals surface area contributed by atoms with E-state index in [1.54, 1.807) is 73.8 Å². The molecule has 1 heterocycles. The second kappa shape index (κ2) is 10.6. The summed E-state index contributed by atoms with van der Waals surface area (Å²) in [5, 5.41) is 6.52. The van der Waals surface area contributed by atoms with Gasteiger partial charge >= 0.3 is 0 Å². The van der Waals surface area contributed by atoms with Crippen LogP contribution in [0.1, 0.15) is 16.8 Å². The second-order valence-electron chi connectivity index (χ2n) is 7.72. The van der Waals surface area contributed by atoms with Gasteiger partial charge in [0, 0.05) is 36.0 Å². The highest BCUT2D eigenvalue weighted by molar-refractivity contribution is 6.06. The molecule has 1 aromatic heterocycles. The first-order valence-corrected chi connectivity index (χ1v) is 11.0. The van der Waals surface area contributed by atoms with Crippen LogP contribution in [0.3, 0.4) is 0 Å². The van der Waals surface area contributed by atoms with Crippen molar-refractivity contribution in [3.05, 3.63) is 94.9 Å². The lowest BCUT2D eigenvalue weighted by atomic mass is 10.1. The van der Waals surface area contributed by atoms with Gasteiger partial charge in [0.2, 0.25) is 5.91 Å². The maximum absolute atomic E-state index is 13.2. The highest BCUT2D eigenvalue weighted by atomic mass is 16.5. The molecule has 0 spiro atoms. The Labute approximate surface area is 202 Å². The van der Waals surface area contributed by atoms with E-state index >= 15 is 0 Å². The molecule has 0 saturated carbocycles. The number of fused-ring (bicyclic) bond motifs is 1. The number of benzene rings is 3. The Bertz CT molecular complexity index is 1440. The van der Waals surface area contributed by atoms with Crippen molar-refractivity contribution in [3.8, 4) is 17.2 Å². The highest BCUT2D eigenvalue weighted by Gasteiger charge is 2.16. The summed E-state index contributed by atoms with van der Waals surface area (Å²) in [5.74, 6) is 0.495. The van der Waals surface area contributed by atoms with E-state index in [-0.39, 0.29) is 30.3 Å². The fourth-order valence-corrected chi connectivity index (χ4v) is 3.77. The minimum Gasteiger partial charge on any atom is -0.497 e. The molecular weight excluding hydrogens is 446 g/mol. The molecule has 35 heavy (non-hydrogen) atoms. The van der Waals surface area contributed by atoms with E-state index in [4.69, 9.17) is 9.47 Å². The zero-order chi connectivity index (χ0) is 24.8. The highest BCUT2D eigenvalue weighted by Crippen LogP contribution is 2.23. The number of nitrogens with zero attached hydrogens (tertiary/aromatic N) is 1. The molecule has 0 saturated heterocycles. The van der Waals surface area contributed by atoms with Crippen LogP contribution in [0, 0.1) is 0 Å². The molecule has 0 radical (unpaired) electrons. The third-order valence-electron chi connectivity index (χ3n) is 5.52. The Kier molecular flexibility index (Phi) is 7.11. The first-order chi connectivity index (χ1) is 17.0. The van der Waals surface area contributed by atoms with Crippen molar-refractivity contribution in [3.63, 3.8) is 0 Å². The van der Waals surface area contributed by atoms with Crippen LogP contribution in [0.5, 0.6) is 11.5 Å². The summed E-state index contributed by atoms with van der Waals surface area (Å²) in [6, 6.07) is 21.1. The molecule has 0 atom stereocenters. The van der Waals surface area contributed by atoms with Crippen molar-refractivity contribution >= 4 is 28.3 Å². The molecule has 2 amide bonds. The van der Waals surface area contributed by atoms with Crippen LogP contribution < -0.4 is 25.7 Å². The molecule has 8 heteroatoms. The van der Waals surface area contributed by atoms with Crippen LogP contribution in [0.15, 0.2) is 83.8 Å². The maximum Gasteiger partial charge on any atom is 0.262 e. The summed E-state index contributed by atoms with van der Waals surface area (Å²) in [7, 11) is 3.08. The van der Waals surface area contributed by atoms with Gasteiger partial charge in [-0.25, -0.2) is 0 Å². The number of methoxy groups -OCH3 is 2. The number of anilines is 1. The minimum absolute atomic E-state index is 0.0667. The van der Waals surface area contributed by atoms with E-state index in [0.717, 1.165) is 0 Å². The fourth-order valence-electron chi connectivity index (χ4n) is 3.77. The zero-order valence-corrected chi connectivity index (χ0v) is 19.4. The molecular formula is C27H25N3O5. The second-order valence-corrected chi connectivity index (χ2v) is 7.72. The summed E-state index contributed by atoms with van der Waals surface area (Å²) in [5.41, 5.74) is 1.21. The zero-order valence-electron chi connectivity index (χ0n) is 19.4. The molecule has 8 nitrogen and oxygen atoms in total. The lowest BCUT2D eigenvalue weighted by Crippen LogP contribution is -2.29. The van der Waals surface area contributed by atoms with Gasteiger partial charge in [0.15, 0.2) is 0 Å². The third kappa shape index (κ3) is 5.16. The van der Waals surface area contributed by atoms with Crippen molar-refractivity contribution in [1.29, 1.82) is 0 Å². The van der Waals surface area contributed by atoms with Crippen molar-refractivity contribution in [2.24, 2.45) is 0 Å². The van der Waals surface area contributed by atoms with Crippen molar-refractivity contribution < 1.29 is 19.1 Å². The summed E-state index contributed by atoms with van der Waals surface area (Å²) >= 11 is 0. The Morgan fingerprint density at radius 2 is 1.63 bits per heavy atom. The van der Waals surface area contributed by atoms with Crippen LogP contribution >= 0.6 is 0 Å². The average molecular weight is 472 g/mol. The number of carbonyl (C=O) groups excluding carboxylic acids is 2. The van der Waals surface area contributed by atoms with Gasteiger partial charge in [0.1, 0.15) is 11.5 Å². The first-order valence-electron chi connectivity index (χ1n) is 11.0. The van der Waals surface area contributed by atoms with Crippen LogP contribution in [0.2, 0.25) is 0 Å². The Morgan fingerprint density at radius 3 is 2.40 bits per heavy atom. The van der Waals surface area contributed by atoms with E-state index in [9.17, 15) is 14.4 Å². The number of amides is 2. The molecule has 0 aliphatic rings. The van der Waals surface area contributed by atoms with Gasteiger partial charge in [0.05, 0.1) is 31.2 Å². The number of hydrogen-bond donors (Lipinski definition) is 2. The number of carbonyl (C=O) groups is 2. The van der Waals surface area contributed by atoms with Crippen LogP contribution in [0.4, 0.5) is 5.69 Å². The number of ether oxygens (including phenoxy) is 2. The molecule has 0 bridgehead atoms. The third-order valence-corrected chi connectivity index (χ3v) is 5.52. The molecule has 0 aliphatic heterocycles. The van der Waals surface area contributed by atoms with Crippen molar-refractivity contribution in [1.82, 2.24) is 9.88 Å². The Morgan fingerprint density at radius 1 is 0.886 bits per heavy atom. The van der Waals surface area contributed by atoms with Crippen LogP contribution in [0.25, 0.3) is 16.5 Å². The Balaban J connectivity index is 1.55. The molecule has 2 N–H and O–H groups in total. The van der Waals surface area contributed by atoms with E-state index in [2.05, 4.69) is 10.6 Å². The van der Waals surface area contributed by atoms with Gasteiger partial charge in [-0.05, 0) is 30.3 Å². The largest absolute Gasteiger partial charge is 0.497 e. The number of rotatable bonds is 8. The number of nitrogens with one attached hydrogen (secondary N) is 2. The topological polar surface area (TPSA) is 98.7 Å². The molecule has 0 unspecified atom stereocenters. The number of para-hydroxylation sites is 2. The molecule has 3 aromatic carbocycles. The molecule has 4 aromatic rings. The first kappa shape index (κ1) is 23.6. The Hall–Kier alpha value is -4.59. The molecule has 0 aliphatic carbocycles. The average Bonchev–Trinajstić information content (AvgIpc) is 2.89. The molecule has 178 valence electrons. The van der Waals surface area contributed by atoms with Gasteiger partial charge < -0.3 is 20.1 Å². The van der Waals surface area contributed by atoms with Crippen molar-refractivity contribution in [2.45, 2.75) is 6.42 Å². The lowest BCUT2D eigenvalue weighted by molar-refractivity contribution is -0.116. The van der Waals surface area contributed by atoms with Crippen LogP contribution in [-0.2, 0) is 4.79 Å². The van der Waals surface area contributed by atoms with E-state index in [1.165, 1.54) is 17.9 Å². The number of pyridine rings is 1. The number of aromatic nitrogens is 1. The fraction of sp³-hybridized carbons (Fsp3) is 0.148. The van der Waals surface area contributed by atoms with Crippen molar-refractivity contribution in [2.75, 3.05) is 26.1 Å². The minimum atomic E-state index is -0.386. The summed E-state index contributed by atoms with van der Waals surface area (Å²) < 4.78 is 11.9. The van der Waals surface area contributed by atoms with E-state index in [0.29, 0.717) is 39.2 Å². The van der Waals surface area contributed by atoms with Gasteiger partial charge in [-0.1, -0.05) is 36.4 Å². The SMILES string of the molecule is COc1cccc(-n2cc(C(=O)NCCC(=O)Nc3ccccc3OC)c3ccccc3c2=O)c1. The van der Waals surface area contributed by atoms with Crippen LogP contribution in [-0.4, -0.2) is 37.1 Å². The standard InChI is InChI=1S/C27H25N3O5/c1-34-19-9-7-8-18(16-19)30-17-22(20-10-3-4-11-21(20)27(30)33)26(32)28-15-14-25(31)29-23-12-5-6-13-24(23)35-2/h3-13,16-17H,14-15H2,1-2H3,(H,28,32)(H,29,31). The van der Waals surface area contributed by atoms with Gasteiger partial charge in [-0.2, -0.15) is 0 Å².